The number of benzene rings is 1. The van der Waals surface area contributed by atoms with Gasteiger partial charge in [-0.1, -0.05) is 19.3 Å². The Morgan fingerprint density at radius 2 is 1.83 bits per heavy atom. The number of hydrogen-bond donors (Lipinski definition) is 0. The Morgan fingerprint density at radius 3 is 2.53 bits per heavy atom. The van der Waals surface area contributed by atoms with Crippen molar-refractivity contribution in [2.24, 2.45) is 13.0 Å². The zero-order valence-electron chi connectivity index (χ0n) is 21.2. The second-order valence-electron chi connectivity index (χ2n) is 9.82. The second kappa shape index (κ2) is 10.7. The molecule has 1 aromatic carbocycles. The van der Waals surface area contributed by atoms with Gasteiger partial charge in [-0.05, 0) is 50.8 Å². The number of hydrogen-bond acceptors (Lipinski definition) is 6. The third-order valence-corrected chi connectivity index (χ3v) is 9.39. The Labute approximate surface area is 212 Å². The Balaban J connectivity index is 1.67. The number of fused-ring (bicyclic) bond motifs is 1. The lowest BCUT2D eigenvalue weighted by molar-refractivity contribution is -0.149. The third-order valence-electron chi connectivity index (χ3n) is 7.48. The van der Waals surface area contributed by atoms with E-state index in [9.17, 15) is 22.8 Å². The fourth-order valence-electron chi connectivity index (χ4n) is 5.38. The molecule has 4 rings (SSSR count). The molecule has 2 heterocycles. The van der Waals surface area contributed by atoms with Gasteiger partial charge in [-0.15, -0.1) is 0 Å². The van der Waals surface area contributed by atoms with E-state index in [0.29, 0.717) is 24.9 Å². The number of amides is 1. The number of aromatic nitrogens is 1. The van der Waals surface area contributed by atoms with E-state index in [1.807, 2.05) is 0 Å². The molecule has 1 unspecified atom stereocenters. The number of nitrogens with zero attached hydrogens (tertiary/aromatic N) is 3. The standard InChI is InChI=1S/C26H35N3O6S/c1-4-35-26(32)18-9-8-14-29(16-18)25(31)22-17-27(2)23-13-12-20(15-21(23)24(22)30)36(33,34)28(3)19-10-6-5-7-11-19/h12-13,15,17-19H,4-11,14,16H2,1-3H3. The molecule has 36 heavy (non-hydrogen) atoms. The first-order chi connectivity index (χ1) is 17.1. The van der Waals surface area contributed by atoms with Crippen molar-refractivity contribution in [3.8, 4) is 0 Å². The lowest BCUT2D eigenvalue weighted by Crippen LogP contribution is -2.44. The number of rotatable bonds is 6. The highest BCUT2D eigenvalue weighted by Crippen LogP contribution is 2.28. The maximum atomic E-state index is 13.5. The van der Waals surface area contributed by atoms with Crippen molar-refractivity contribution in [3.63, 3.8) is 0 Å². The van der Waals surface area contributed by atoms with Crippen molar-refractivity contribution in [1.29, 1.82) is 0 Å². The van der Waals surface area contributed by atoms with E-state index in [-0.39, 0.29) is 41.0 Å². The van der Waals surface area contributed by atoms with Crippen LogP contribution in [0.15, 0.2) is 34.1 Å². The van der Waals surface area contributed by atoms with Gasteiger partial charge in [-0.25, -0.2) is 8.42 Å². The minimum atomic E-state index is -3.80. The summed E-state index contributed by atoms with van der Waals surface area (Å²) in [7, 11) is -0.475. The second-order valence-corrected chi connectivity index (χ2v) is 11.8. The van der Waals surface area contributed by atoms with Gasteiger partial charge in [0.15, 0.2) is 0 Å². The topological polar surface area (TPSA) is 106 Å². The zero-order valence-corrected chi connectivity index (χ0v) is 22.1. The number of aryl methyl sites for hydroxylation is 1. The number of carbonyl (C=O) groups excluding carboxylic acids is 2. The van der Waals surface area contributed by atoms with Crippen molar-refractivity contribution in [2.75, 3.05) is 26.7 Å². The quantitative estimate of drug-likeness (QED) is 0.546. The van der Waals surface area contributed by atoms with E-state index < -0.39 is 27.3 Å². The van der Waals surface area contributed by atoms with E-state index in [4.69, 9.17) is 4.74 Å². The monoisotopic (exact) mass is 517 g/mol. The van der Waals surface area contributed by atoms with Gasteiger partial charge in [0.1, 0.15) is 5.56 Å². The fraction of sp³-hybridized carbons (Fsp3) is 0.577. The van der Waals surface area contributed by atoms with Crippen molar-refractivity contribution in [3.05, 3.63) is 40.2 Å². The van der Waals surface area contributed by atoms with E-state index in [1.165, 1.54) is 27.5 Å². The predicted octanol–water partition coefficient (Wildman–Crippen LogP) is 2.91. The summed E-state index contributed by atoms with van der Waals surface area (Å²) in [6.07, 6.45) is 7.53. The fourth-order valence-corrected chi connectivity index (χ4v) is 6.82. The first-order valence-corrected chi connectivity index (χ1v) is 14.2. The zero-order chi connectivity index (χ0) is 26.0. The normalized spacial score (nSPS) is 19.6. The molecule has 9 nitrogen and oxygen atoms in total. The van der Waals surface area contributed by atoms with Crippen molar-refractivity contribution in [2.45, 2.75) is 62.8 Å². The van der Waals surface area contributed by atoms with Crippen LogP contribution in [0.2, 0.25) is 0 Å². The van der Waals surface area contributed by atoms with E-state index >= 15 is 0 Å². The van der Waals surface area contributed by atoms with Crippen molar-refractivity contribution < 1.29 is 22.7 Å². The van der Waals surface area contributed by atoms with Crippen LogP contribution in [0.1, 0.15) is 62.2 Å². The molecule has 0 spiro atoms. The summed E-state index contributed by atoms with van der Waals surface area (Å²) in [6.45, 7) is 2.65. The minimum absolute atomic E-state index is 0.0373. The molecule has 1 amide bonds. The van der Waals surface area contributed by atoms with Crippen LogP contribution in [0.5, 0.6) is 0 Å². The lowest BCUT2D eigenvalue weighted by atomic mass is 9.96. The van der Waals surface area contributed by atoms with Gasteiger partial charge in [0.05, 0.1) is 22.9 Å². The molecule has 1 atom stereocenters. The SMILES string of the molecule is CCOC(=O)C1CCCN(C(=O)c2cn(C)c3ccc(S(=O)(=O)N(C)C4CCCCC4)cc3c2=O)C1. The van der Waals surface area contributed by atoms with Crippen LogP contribution in [0.25, 0.3) is 10.9 Å². The van der Waals surface area contributed by atoms with Crippen LogP contribution >= 0.6 is 0 Å². The summed E-state index contributed by atoms with van der Waals surface area (Å²) in [5, 5.41) is 0.181. The van der Waals surface area contributed by atoms with Crippen LogP contribution in [0.4, 0.5) is 0 Å². The molecule has 0 radical (unpaired) electrons. The predicted molar refractivity (Wildman–Crippen MR) is 136 cm³/mol. The first-order valence-electron chi connectivity index (χ1n) is 12.7. The molecule has 2 aliphatic rings. The summed E-state index contributed by atoms with van der Waals surface area (Å²) in [6, 6.07) is 4.47. The number of esters is 1. The molecule has 2 fully saturated rings. The number of ether oxygens (including phenoxy) is 1. The van der Waals surface area contributed by atoms with Gasteiger partial charge in [-0.2, -0.15) is 4.31 Å². The average molecular weight is 518 g/mol. The van der Waals surface area contributed by atoms with Gasteiger partial charge in [0, 0.05) is 44.8 Å². The van der Waals surface area contributed by atoms with Crippen LogP contribution in [-0.4, -0.2) is 66.9 Å². The maximum Gasteiger partial charge on any atom is 0.310 e. The maximum absolute atomic E-state index is 13.5. The number of piperidine rings is 1. The van der Waals surface area contributed by atoms with Gasteiger partial charge in [-0.3, -0.25) is 14.4 Å². The Hall–Kier alpha value is -2.72. The highest BCUT2D eigenvalue weighted by Gasteiger charge is 2.32. The van der Waals surface area contributed by atoms with Gasteiger partial charge in [0.2, 0.25) is 15.5 Å². The van der Waals surface area contributed by atoms with E-state index in [1.54, 1.807) is 31.7 Å². The van der Waals surface area contributed by atoms with E-state index in [2.05, 4.69) is 0 Å². The molecular formula is C26H35N3O6S. The molecular weight excluding hydrogens is 482 g/mol. The molecule has 0 N–H and O–H groups in total. The lowest BCUT2D eigenvalue weighted by Gasteiger charge is -2.31. The summed E-state index contributed by atoms with van der Waals surface area (Å²) in [5.41, 5.74) is -0.00715. The molecule has 1 aliphatic carbocycles. The third kappa shape index (κ3) is 5.06. The Kier molecular flexibility index (Phi) is 7.85. The Morgan fingerprint density at radius 1 is 1.11 bits per heavy atom. The molecule has 1 aromatic heterocycles. The van der Waals surface area contributed by atoms with Crippen LogP contribution in [-0.2, 0) is 26.6 Å². The molecule has 1 aliphatic heterocycles. The van der Waals surface area contributed by atoms with Crippen LogP contribution in [0, 0.1) is 5.92 Å². The van der Waals surface area contributed by atoms with E-state index in [0.717, 1.165) is 32.1 Å². The summed E-state index contributed by atoms with van der Waals surface area (Å²) in [5.74, 6) is -1.21. The highest BCUT2D eigenvalue weighted by molar-refractivity contribution is 7.89. The summed E-state index contributed by atoms with van der Waals surface area (Å²) < 4.78 is 35.0. The minimum Gasteiger partial charge on any atom is -0.466 e. The van der Waals surface area contributed by atoms with Crippen LogP contribution in [0.3, 0.4) is 0 Å². The molecule has 1 saturated carbocycles. The van der Waals surface area contributed by atoms with Gasteiger partial charge < -0.3 is 14.2 Å². The molecule has 2 aromatic rings. The van der Waals surface area contributed by atoms with Crippen LogP contribution < -0.4 is 5.43 Å². The first kappa shape index (κ1) is 26.3. The molecule has 1 saturated heterocycles. The number of sulfonamides is 1. The van der Waals surface area contributed by atoms with Crippen molar-refractivity contribution in [1.82, 2.24) is 13.8 Å². The molecule has 196 valence electrons. The smallest absolute Gasteiger partial charge is 0.310 e. The highest BCUT2D eigenvalue weighted by atomic mass is 32.2. The Bertz CT molecular complexity index is 1310. The number of likely N-dealkylation sites (tertiary alicyclic amines) is 1. The molecule has 0 bridgehead atoms. The molecule has 10 heteroatoms. The van der Waals surface area contributed by atoms with Gasteiger partial charge in [0.25, 0.3) is 5.91 Å². The summed E-state index contributed by atoms with van der Waals surface area (Å²) in [4.78, 5) is 40.6. The van der Waals surface area contributed by atoms with Crippen molar-refractivity contribution >= 4 is 32.8 Å². The number of carbonyl (C=O) groups is 2. The van der Waals surface area contributed by atoms with Gasteiger partial charge >= 0.3 is 5.97 Å². The average Bonchev–Trinajstić information content (AvgIpc) is 2.90. The summed E-state index contributed by atoms with van der Waals surface area (Å²) >= 11 is 0. The largest absolute Gasteiger partial charge is 0.466 e. The number of pyridine rings is 1.